The highest BCUT2D eigenvalue weighted by molar-refractivity contribution is 4.84. The fourth-order valence-corrected chi connectivity index (χ4v) is 3.50. The molecule has 2 saturated carbocycles. The second-order valence-corrected chi connectivity index (χ2v) is 5.93. The first kappa shape index (κ1) is 13.4. The van der Waals surface area contributed by atoms with E-state index in [0.29, 0.717) is 12.1 Å². The topological polar surface area (TPSA) is 21.3 Å². The van der Waals surface area contributed by atoms with Crippen LogP contribution in [0.15, 0.2) is 0 Å². The number of hydrogen-bond donors (Lipinski definition) is 1. The Morgan fingerprint density at radius 3 is 2.29 bits per heavy atom. The molecule has 0 aromatic heterocycles. The van der Waals surface area contributed by atoms with Gasteiger partial charge in [0.05, 0.1) is 6.10 Å². The summed E-state index contributed by atoms with van der Waals surface area (Å²) >= 11 is 0. The fourth-order valence-electron chi connectivity index (χ4n) is 3.50. The Morgan fingerprint density at radius 2 is 1.59 bits per heavy atom. The van der Waals surface area contributed by atoms with Crippen LogP contribution in [0.4, 0.5) is 0 Å². The zero-order valence-corrected chi connectivity index (χ0v) is 11.4. The highest BCUT2D eigenvalue weighted by Gasteiger charge is 2.27. The van der Waals surface area contributed by atoms with Crippen molar-refractivity contribution in [2.75, 3.05) is 13.7 Å². The molecule has 2 unspecified atom stereocenters. The van der Waals surface area contributed by atoms with Crippen LogP contribution in [0, 0.1) is 5.92 Å². The Bertz CT molecular complexity index is 199. The molecule has 100 valence electrons. The molecule has 0 aromatic rings. The molecule has 0 aliphatic heterocycles. The molecule has 0 radical (unpaired) electrons. The van der Waals surface area contributed by atoms with E-state index in [1.54, 1.807) is 0 Å². The van der Waals surface area contributed by atoms with E-state index in [1.807, 2.05) is 7.11 Å². The molecule has 0 aromatic carbocycles. The van der Waals surface area contributed by atoms with Crippen molar-refractivity contribution < 1.29 is 4.74 Å². The van der Waals surface area contributed by atoms with E-state index in [2.05, 4.69) is 5.32 Å². The molecule has 0 bridgehead atoms. The minimum atomic E-state index is 0.476. The average Bonchev–Trinajstić information content (AvgIpc) is 2.75. The van der Waals surface area contributed by atoms with E-state index in [0.717, 1.165) is 5.92 Å². The molecule has 0 spiro atoms. The number of hydrogen-bond acceptors (Lipinski definition) is 2. The predicted molar refractivity (Wildman–Crippen MR) is 72.2 cm³/mol. The first-order chi connectivity index (χ1) is 8.40. The van der Waals surface area contributed by atoms with E-state index in [4.69, 9.17) is 4.74 Å². The molecule has 0 heterocycles. The number of nitrogens with one attached hydrogen (secondary N) is 1. The van der Waals surface area contributed by atoms with E-state index in [9.17, 15) is 0 Å². The molecule has 2 aliphatic rings. The summed E-state index contributed by atoms with van der Waals surface area (Å²) in [5.41, 5.74) is 0. The first-order valence-corrected chi connectivity index (χ1v) is 7.66. The van der Waals surface area contributed by atoms with Crippen LogP contribution in [-0.4, -0.2) is 25.8 Å². The molecule has 2 rings (SSSR count). The SMILES string of the molecule is COC1CCCC1NCC1CCCCCCC1. The van der Waals surface area contributed by atoms with Crippen molar-refractivity contribution in [3.05, 3.63) is 0 Å². The lowest BCUT2D eigenvalue weighted by molar-refractivity contribution is 0.0833. The van der Waals surface area contributed by atoms with Gasteiger partial charge in [0.15, 0.2) is 0 Å². The Kier molecular flexibility index (Phi) is 5.79. The quantitative estimate of drug-likeness (QED) is 0.810. The van der Waals surface area contributed by atoms with Crippen molar-refractivity contribution in [1.29, 1.82) is 0 Å². The van der Waals surface area contributed by atoms with Gasteiger partial charge in [-0.1, -0.05) is 32.1 Å². The van der Waals surface area contributed by atoms with Crippen LogP contribution in [0.25, 0.3) is 0 Å². The monoisotopic (exact) mass is 239 g/mol. The summed E-state index contributed by atoms with van der Waals surface area (Å²) in [6.07, 6.45) is 14.5. The van der Waals surface area contributed by atoms with Gasteiger partial charge < -0.3 is 10.1 Å². The first-order valence-electron chi connectivity index (χ1n) is 7.66. The average molecular weight is 239 g/mol. The number of methoxy groups -OCH3 is 1. The van der Waals surface area contributed by atoms with Crippen molar-refractivity contribution in [3.8, 4) is 0 Å². The highest BCUT2D eigenvalue weighted by Crippen LogP contribution is 2.24. The molecule has 0 saturated heterocycles. The Labute approximate surface area is 107 Å². The number of ether oxygens (including phenoxy) is 1. The van der Waals surface area contributed by atoms with Crippen LogP contribution in [0.3, 0.4) is 0 Å². The van der Waals surface area contributed by atoms with Crippen LogP contribution in [0.1, 0.15) is 64.2 Å². The molecule has 2 aliphatic carbocycles. The van der Waals surface area contributed by atoms with E-state index in [1.165, 1.54) is 70.8 Å². The van der Waals surface area contributed by atoms with Crippen LogP contribution < -0.4 is 5.32 Å². The minimum Gasteiger partial charge on any atom is -0.380 e. The fraction of sp³-hybridized carbons (Fsp3) is 1.00. The van der Waals surface area contributed by atoms with Gasteiger partial charge in [0.1, 0.15) is 0 Å². The summed E-state index contributed by atoms with van der Waals surface area (Å²) < 4.78 is 5.55. The van der Waals surface area contributed by atoms with E-state index >= 15 is 0 Å². The van der Waals surface area contributed by atoms with Gasteiger partial charge in [0.25, 0.3) is 0 Å². The maximum absolute atomic E-state index is 5.55. The highest BCUT2D eigenvalue weighted by atomic mass is 16.5. The molecule has 2 heteroatoms. The van der Waals surface area contributed by atoms with Crippen LogP contribution in [0.5, 0.6) is 0 Å². The summed E-state index contributed by atoms with van der Waals surface area (Å²) in [5, 5.41) is 3.78. The minimum absolute atomic E-state index is 0.476. The van der Waals surface area contributed by atoms with Gasteiger partial charge in [-0.15, -0.1) is 0 Å². The number of rotatable bonds is 4. The molecule has 1 N–H and O–H groups in total. The van der Waals surface area contributed by atoms with Crippen LogP contribution in [0.2, 0.25) is 0 Å². The zero-order valence-electron chi connectivity index (χ0n) is 11.4. The maximum atomic E-state index is 5.55. The molecule has 2 fully saturated rings. The van der Waals surface area contributed by atoms with Crippen LogP contribution >= 0.6 is 0 Å². The zero-order chi connectivity index (χ0) is 11.9. The summed E-state index contributed by atoms with van der Waals surface area (Å²) in [7, 11) is 1.86. The Balaban J connectivity index is 1.68. The van der Waals surface area contributed by atoms with Gasteiger partial charge in [-0.05, 0) is 44.6 Å². The van der Waals surface area contributed by atoms with Crippen molar-refractivity contribution >= 4 is 0 Å². The smallest absolute Gasteiger partial charge is 0.0724 e. The lowest BCUT2D eigenvalue weighted by Crippen LogP contribution is -2.39. The molecule has 17 heavy (non-hydrogen) atoms. The van der Waals surface area contributed by atoms with E-state index in [-0.39, 0.29) is 0 Å². The third-order valence-corrected chi connectivity index (χ3v) is 4.65. The second kappa shape index (κ2) is 7.38. The maximum Gasteiger partial charge on any atom is 0.0724 e. The summed E-state index contributed by atoms with van der Waals surface area (Å²) in [5.74, 6) is 0.924. The van der Waals surface area contributed by atoms with Crippen molar-refractivity contribution in [3.63, 3.8) is 0 Å². The van der Waals surface area contributed by atoms with Gasteiger partial charge in [0, 0.05) is 13.2 Å². The Morgan fingerprint density at radius 1 is 0.882 bits per heavy atom. The van der Waals surface area contributed by atoms with Gasteiger partial charge in [-0.3, -0.25) is 0 Å². The summed E-state index contributed by atoms with van der Waals surface area (Å²) in [4.78, 5) is 0. The standard InChI is InChI=1S/C15H29NO/c1-17-15-11-7-10-14(15)16-12-13-8-5-3-2-4-6-9-13/h13-16H,2-12H2,1H3. The third-order valence-electron chi connectivity index (χ3n) is 4.65. The molecular formula is C15H29NO. The predicted octanol–water partition coefficient (Wildman–Crippen LogP) is 3.50. The van der Waals surface area contributed by atoms with Crippen molar-refractivity contribution in [1.82, 2.24) is 5.32 Å². The molecule has 2 nitrogen and oxygen atoms in total. The normalized spacial score (nSPS) is 32.3. The molecular weight excluding hydrogens is 210 g/mol. The largest absolute Gasteiger partial charge is 0.380 e. The van der Waals surface area contributed by atoms with E-state index < -0.39 is 0 Å². The third kappa shape index (κ3) is 4.26. The van der Waals surface area contributed by atoms with Gasteiger partial charge in [-0.25, -0.2) is 0 Å². The second-order valence-electron chi connectivity index (χ2n) is 5.93. The lowest BCUT2D eigenvalue weighted by Gasteiger charge is -2.25. The molecule has 2 atom stereocenters. The lowest BCUT2D eigenvalue weighted by atomic mass is 9.91. The van der Waals surface area contributed by atoms with Crippen molar-refractivity contribution in [2.24, 2.45) is 5.92 Å². The van der Waals surface area contributed by atoms with Crippen molar-refractivity contribution in [2.45, 2.75) is 76.4 Å². The van der Waals surface area contributed by atoms with Gasteiger partial charge in [0.2, 0.25) is 0 Å². The summed E-state index contributed by atoms with van der Waals surface area (Å²) in [6, 6.07) is 0.630. The van der Waals surface area contributed by atoms with Gasteiger partial charge >= 0.3 is 0 Å². The summed E-state index contributed by atoms with van der Waals surface area (Å²) in [6.45, 7) is 1.23. The van der Waals surface area contributed by atoms with Gasteiger partial charge in [-0.2, -0.15) is 0 Å². The van der Waals surface area contributed by atoms with Crippen LogP contribution in [-0.2, 0) is 4.74 Å². The molecule has 0 amide bonds. The Hall–Kier alpha value is -0.0800.